The third-order valence-electron chi connectivity index (χ3n) is 3.76. The van der Waals surface area contributed by atoms with Crippen LogP contribution in [0.5, 0.6) is 0 Å². The molecule has 1 aromatic heterocycles. The van der Waals surface area contributed by atoms with Gasteiger partial charge in [0.05, 0.1) is 5.75 Å². The van der Waals surface area contributed by atoms with Crippen LogP contribution in [-0.2, 0) is 4.79 Å². The summed E-state index contributed by atoms with van der Waals surface area (Å²) in [7, 11) is 0. The minimum Gasteiger partial charge on any atom is -0.481 e. The Morgan fingerprint density at radius 2 is 1.95 bits per heavy atom. The van der Waals surface area contributed by atoms with Gasteiger partial charge in [-0.1, -0.05) is 25.6 Å². The van der Waals surface area contributed by atoms with Crippen molar-refractivity contribution in [3.8, 4) is 0 Å². The van der Waals surface area contributed by atoms with E-state index in [1.807, 2.05) is 4.57 Å². The Bertz CT molecular complexity index is 479. The highest BCUT2D eigenvalue weighted by molar-refractivity contribution is 7.99. The smallest absolute Gasteiger partial charge is 0.313 e. The van der Waals surface area contributed by atoms with E-state index in [2.05, 4.69) is 42.8 Å². The molecule has 0 aliphatic carbocycles. The van der Waals surface area contributed by atoms with Gasteiger partial charge in [0.1, 0.15) is 0 Å². The minimum absolute atomic E-state index is 0.0116. The summed E-state index contributed by atoms with van der Waals surface area (Å²) in [5.74, 6) is 1.32. The summed E-state index contributed by atoms with van der Waals surface area (Å²) in [6, 6.07) is 0.211. The number of thioether (sulfide) groups is 1. The normalized spacial score (nSPS) is 22.8. The number of carboxylic acid groups (broad SMARTS) is 1. The second-order valence-electron chi connectivity index (χ2n) is 5.79. The van der Waals surface area contributed by atoms with Crippen molar-refractivity contribution >= 4 is 23.7 Å². The van der Waals surface area contributed by atoms with E-state index in [1.54, 1.807) is 0 Å². The van der Waals surface area contributed by atoms with E-state index in [1.165, 1.54) is 11.8 Å². The molecule has 1 saturated heterocycles. The van der Waals surface area contributed by atoms with E-state index < -0.39 is 5.97 Å². The van der Waals surface area contributed by atoms with Gasteiger partial charge in [0.2, 0.25) is 5.95 Å². The number of nitrogens with zero attached hydrogens (tertiary/aromatic N) is 4. The predicted molar refractivity (Wildman–Crippen MR) is 79.3 cm³/mol. The molecular weight excluding hydrogens is 276 g/mol. The summed E-state index contributed by atoms with van der Waals surface area (Å²) in [4.78, 5) is 13.0. The summed E-state index contributed by atoms with van der Waals surface area (Å²) < 4.78 is 2.04. The first-order valence-electron chi connectivity index (χ1n) is 6.94. The molecule has 0 saturated carbocycles. The highest BCUT2D eigenvalue weighted by Gasteiger charge is 2.30. The SMILES string of the molecule is CC1CN(c2nnc(SCC(=O)O)n2C(C)C)CC1C. The molecule has 2 atom stereocenters. The number of hydrogen-bond acceptors (Lipinski definition) is 5. The molecule has 2 rings (SSSR count). The number of aromatic nitrogens is 3. The molecule has 1 N–H and O–H groups in total. The molecule has 1 aliphatic heterocycles. The number of carboxylic acids is 1. The van der Waals surface area contributed by atoms with Gasteiger partial charge in [-0.2, -0.15) is 0 Å². The zero-order valence-corrected chi connectivity index (χ0v) is 13.2. The number of aliphatic carboxylic acids is 1. The fourth-order valence-corrected chi connectivity index (χ4v) is 3.24. The second kappa shape index (κ2) is 6.03. The van der Waals surface area contributed by atoms with Crippen molar-refractivity contribution in [1.82, 2.24) is 14.8 Å². The van der Waals surface area contributed by atoms with Gasteiger partial charge >= 0.3 is 5.97 Å². The maximum atomic E-state index is 10.7. The summed E-state index contributed by atoms with van der Waals surface area (Å²) in [6.07, 6.45) is 0. The number of carbonyl (C=O) groups is 1. The highest BCUT2D eigenvalue weighted by Crippen LogP contribution is 2.31. The Hall–Kier alpha value is -1.24. The van der Waals surface area contributed by atoms with Gasteiger partial charge < -0.3 is 10.0 Å². The Kier molecular flexibility index (Phi) is 4.57. The fraction of sp³-hybridized carbons (Fsp3) is 0.769. The molecule has 1 aromatic rings. The first kappa shape index (κ1) is 15.2. The van der Waals surface area contributed by atoms with Gasteiger partial charge in [-0.05, 0) is 25.7 Å². The average Bonchev–Trinajstić information content (AvgIpc) is 2.91. The molecule has 2 unspecified atom stereocenters. The highest BCUT2D eigenvalue weighted by atomic mass is 32.2. The van der Waals surface area contributed by atoms with Crippen molar-refractivity contribution in [3.63, 3.8) is 0 Å². The zero-order valence-electron chi connectivity index (χ0n) is 12.4. The zero-order chi connectivity index (χ0) is 14.9. The minimum atomic E-state index is -0.835. The van der Waals surface area contributed by atoms with Crippen molar-refractivity contribution < 1.29 is 9.90 Å². The van der Waals surface area contributed by atoms with Gasteiger partial charge in [0.25, 0.3) is 0 Å². The monoisotopic (exact) mass is 298 g/mol. The third kappa shape index (κ3) is 3.08. The Balaban J connectivity index is 2.23. The summed E-state index contributed by atoms with van der Waals surface area (Å²) in [6.45, 7) is 10.6. The molecule has 0 aromatic carbocycles. The van der Waals surface area contributed by atoms with E-state index in [-0.39, 0.29) is 11.8 Å². The van der Waals surface area contributed by atoms with Crippen LogP contribution >= 0.6 is 11.8 Å². The molecule has 1 aliphatic rings. The average molecular weight is 298 g/mol. The lowest BCUT2D eigenvalue weighted by Crippen LogP contribution is -2.24. The maximum absolute atomic E-state index is 10.7. The lowest BCUT2D eigenvalue weighted by atomic mass is 10.0. The van der Waals surface area contributed by atoms with E-state index in [9.17, 15) is 4.79 Å². The van der Waals surface area contributed by atoms with Crippen LogP contribution in [0.15, 0.2) is 5.16 Å². The lowest BCUT2D eigenvalue weighted by molar-refractivity contribution is -0.133. The van der Waals surface area contributed by atoms with Crippen molar-refractivity contribution in [2.75, 3.05) is 23.7 Å². The predicted octanol–water partition coefficient (Wildman–Crippen LogP) is 2.13. The van der Waals surface area contributed by atoms with E-state index >= 15 is 0 Å². The summed E-state index contributed by atoms with van der Waals surface area (Å²) >= 11 is 1.23. The molecule has 0 bridgehead atoms. The van der Waals surface area contributed by atoms with Crippen LogP contribution in [0.2, 0.25) is 0 Å². The van der Waals surface area contributed by atoms with Gasteiger partial charge in [0.15, 0.2) is 5.16 Å². The van der Waals surface area contributed by atoms with Crippen LogP contribution in [0, 0.1) is 11.8 Å². The quantitative estimate of drug-likeness (QED) is 0.840. The van der Waals surface area contributed by atoms with Crippen LogP contribution in [-0.4, -0.2) is 44.7 Å². The van der Waals surface area contributed by atoms with Gasteiger partial charge in [-0.25, -0.2) is 0 Å². The van der Waals surface area contributed by atoms with Crippen LogP contribution in [0.3, 0.4) is 0 Å². The van der Waals surface area contributed by atoms with E-state index in [4.69, 9.17) is 5.11 Å². The molecule has 0 spiro atoms. The van der Waals surface area contributed by atoms with Gasteiger partial charge in [0, 0.05) is 19.1 Å². The number of hydrogen-bond donors (Lipinski definition) is 1. The van der Waals surface area contributed by atoms with Crippen molar-refractivity contribution in [2.45, 2.75) is 38.9 Å². The first-order valence-corrected chi connectivity index (χ1v) is 7.93. The van der Waals surface area contributed by atoms with Crippen molar-refractivity contribution in [2.24, 2.45) is 11.8 Å². The molecule has 20 heavy (non-hydrogen) atoms. The topological polar surface area (TPSA) is 71.2 Å². The second-order valence-corrected chi connectivity index (χ2v) is 6.73. The number of anilines is 1. The molecule has 7 heteroatoms. The first-order chi connectivity index (χ1) is 9.40. The van der Waals surface area contributed by atoms with Gasteiger partial charge in [-0.15, -0.1) is 10.2 Å². The molecule has 112 valence electrons. The van der Waals surface area contributed by atoms with Crippen LogP contribution in [0.1, 0.15) is 33.7 Å². The maximum Gasteiger partial charge on any atom is 0.313 e. The largest absolute Gasteiger partial charge is 0.481 e. The van der Waals surface area contributed by atoms with Crippen LogP contribution in [0.4, 0.5) is 5.95 Å². The lowest BCUT2D eigenvalue weighted by Gasteiger charge is -2.21. The molecule has 0 amide bonds. The Morgan fingerprint density at radius 3 is 2.45 bits per heavy atom. The Labute approximate surface area is 123 Å². The van der Waals surface area contributed by atoms with Gasteiger partial charge in [-0.3, -0.25) is 9.36 Å². The summed E-state index contributed by atoms with van der Waals surface area (Å²) in [5, 5.41) is 18.0. The molecule has 1 fully saturated rings. The molecular formula is C13H22N4O2S. The van der Waals surface area contributed by atoms with Crippen LogP contribution in [0.25, 0.3) is 0 Å². The standard InChI is InChI=1S/C13H22N4O2S/c1-8(2)17-12(16-5-9(3)10(4)6-16)14-15-13(17)20-7-11(18)19/h8-10H,5-7H2,1-4H3,(H,18,19). The van der Waals surface area contributed by atoms with E-state index in [0.29, 0.717) is 17.0 Å². The Morgan fingerprint density at radius 1 is 1.35 bits per heavy atom. The van der Waals surface area contributed by atoms with Crippen LogP contribution < -0.4 is 4.90 Å². The molecule has 6 nitrogen and oxygen atoms in total. The number of rotatable bonds is 5. The van der Waals surface area contributed by atoms with Crippen molar-refractivity contribution in [3.05, 3.63) is 0 Å². The van der Waals surface area contributed by atoms with Crippen molar-refractivity contribution in [1.29, 1.82) is 0 Å². The third-order valence-corrected chi connectivity index (χ3v) is 4.69. The fourth-order valence-electron chi connectivity index (χ4n) is 2.45. The molecule has 2 heterocycles. The van der Waals surface area contributed by atoms with E-state index in [0.717, 1.165) is 19.0 Å². The molecule has 0 radical (unpaired) electrons. The summed E-state index contributed by atoms with van der Waals surface area (Å²) in [5.41, 5.74) is 0.